The van der Waals surface area contributed by atoms with Gasteiger partial charge in [0.1, 0.15) is 0 Å². The third-order valence-corrected chi connectivity index (χ3v) is 3.89. The van der Waals surface area contributed by atoms with Crippen molar-refractivity contribution in [3.05, 3.63) is 72.6 Å². The Morgan fingerprint density at radius 3 is 2.04 bits per heavy atom. The van der Waals surface area contributed by atoms with Crippen LogP contribution in [0.2, 0.25) is 0 Å². The van der Waals surface area contributed by atoms with Crippen LogP contribution in [0.1, 0.15) is 5.82 Å². The van der Waals surface area contributed by atoms with Gasteiger partial charge < -0.3 is 5.84 Å². The van der Waals surface area contributed by atoms with Gasteiger partial charge in [-0.1, -0.05) is 60.7 Å². The summed E-state index contributed by atoms with van der Waals surface area (Å²) >= 11 is 0. The Kier molecular flexibility index (Phi) is 3.35. The van der Waals surface area contributed by atoms with Gasteiger partial charge in [-0.2, -0.15) is 9.78 Å². The second-order valence-corrected chi connectivity index (χ2v) is 5.48. The Morgan fingerprint density at radius 2 is 1.46 bits per heavy atom. The molecule has 0 aliphatic rings. The summed E-state index contributed by atoms with van der Waals surface area (Å²) in [5.74, 6) is 7.17. The van der Waals surface area contributed by atoms with Crippen LogP contribution in [0.5, 0.6) is 0 Å². The Bertz CT molecular complexity index is 969. The number of hydrogen-bond acceptors (Lipinski definition) is 4. The molecule has 0 radical (unpaired) electrons. The van der Waals surface area contributed by atoms with Crippen LogP contribution < -0.4 is 5.84 Å². The van der Waals surface area contributed by atoms with Crippen molar-refractivity contribution in [1.82, 2.24) is 24.7 Å². The van der Waals surface area contributed by atoms with Crippen molar-refractivity contribution in [1.29, 1.82) is 0 Å². The first-order valence-corrected chi connectivity index (χ1v) is 7.62. The van der Waals surface area contributed by atoms with Gasteiger partial charge in [-0.3, -0.25) is 0 Å². The van der Waals surface area contributed by atoms with E-state index in [1.54, 1.807) is 11.6 Å². The van der Waals surface area contributed by atoms with Crippen LogP contribution in [-0.2, 0) is 0 Å². The van der Waals surface area contributed by atoms with Crippen molar-refractivity contribution < 1.29 is 0 Å². The molecular formula is C18H16N6. The summed E-state index contributed by atoms with van der Waals surface area (Å²) < 4.78 is 3.17. The highest BCUT2D eigenvalue weighted by molar-refractivity contribution is 5.69. The minimum atomic E-state index is 0.480. The molecule has 0 atom stereocenters. The zero-order valence-electron chi connectivity index (χ0n) is 13.2. The lowest BCUT2D eigenvalue weighted by atomic mass is 10.1. The van der Waals surface area contributed by atoms with Crippen LogP contribution in [0.25, 0.3) is 28.5 Å². The van der Waals surface area contributed by atoms with Gasteiger partial charge in [-0.15, -0.1) is 10.2 Å². The largest absolute Gasteiger partial charge is 0.335 e. The minimum absolute atomic E-state index is 0.480. The molecule has 0 saturated carbocycles. The zero-order valence-corrected chi connectivity index (χ0v) is 13.2. The molecular weight excluding hydrogens is 300 g/mol. The van der Waals surface area contributed by atoms with Crippen LogP contribution in [0.4, 0.5) is 0 Å². The standard InChI is InChI=1S/C18H16N6/c1-13-20-21-18(23(13)19)24-17(15-10-6-3-7-11-15)12-16(22-24)14-8-4-2-5-9-14/h2-12H,19H2,1H3. The number of nitrogens with zero attached hydrogens (tertiary/aromatic N) is 5. The predicted octanol–water partition coefficient (Wildman–Crippen LogP) is 2.82. The maximum absolute atomic E-state index is 6.06. The van der Waals surface area contributed by atoms with Gasteiger partial charge in [0.25, 0.3) is 5.95 Å². The number of nitrogen functional groups attached to an aromatic ring is 1. The van der Waals surface area contributed by atoms with Gasteiger partial charge in [0, 0.05) is 11.1 Å². The lowest BCUT2D eigenvalue weighted by molar-refractivity contribution is 0.773. The molecule has 2 aromatic heterocycles. The molecule has 6 nitrogen and oxygen atoms in total. The summed E-state index contributed by atoms with van der Waals surface area (Å²) in [5.41, 5.74) is 3.84. The number of aryl methyl sites for hydroxylation is 1. The summed E-state index contributed by atoms with van der Waals surface area (Å²) in [7, 11) is 0. The molecule has 0 aliphatic heterocycles. The number of benzene rings is 2. The van der Waals surface area contributed by atoms with Gasteiger partial charge in [0.15, 0.2) is 5.82 Å². The molecule has 0 saturated heterocycles. The van der Waals surface area contributed by atoms with Crippen molar-refractivity contribution in [2.24, 2.45) is 0 Å². The number of rotatable bonds is 3. The summed E-state index contributed by atoms with van der Waals surface area (Å²) in [6.07, 6.45) is 0. The van der Waals surface area contributed by atoms with E-state index in [-0.39, 0.29) is 0 Å². The second-order valence-electron chi connectivity index (χ2n) is 5.48. The normalized spacial score (nSPS) is 10.9. The first-order valence-electron chi connectivity index (χ1n) is 7.62. The molecule has 24 heavy (non-hydrogen) atoms. The molecule has 0 bridgehead atoms. The summed E-state index contributed by atoms with van der Waals surface area (Å²) in [4.78, 5) is 0. The van der Waals surface area contributed by atoms with Gasteiger partial charge in [0.05, 0.1) is 11.4 Å². The Labute approximate surface area is 139 Å². The van der Waals surface area contributed by atoms with E-state index >= 15 is 0 Å². The van der Waals surface area contributed by atoms with Crippen LogP contribution in [0, 0.1) is 6.92 Å². The molecule has 6 heteroatoms. The number of nitrogens with two attached hydrogens (primary N) is 1. The Balaban J connectivity index is 1.94. The van der Waals surface area contributed by atoms with Crippen LogP contribution in [0.15, 0.2) is 66.7 Å². The quantitative estimate of drug-likeness (QED) is 0.590. The van der Waals surface area contributed by atoms with Crippen LogP contribution >= 0.6 is 0 Å². The van der Waals surface area contributed by atoms with Crippen LogP contribution in [0.3, 0.4) is 0 Å². The minimum Gasteiger partial charge on any atom is -0.335 e. The maximum atomic E-state index is 6.06. The average Bonchev–Trinajstić information content (AvgIpc) is 3.21. The molecule has 2 N–H and O–H groups in total. The second kappa shape index (κ2) is 5.66. The monoisotopic (exact) mass is 316 g/mol. The fraction of sp³-hybridized carbons (Fsp3) is 0.0556. The average molecular weight is 316 g/mol. The molecule has 0 unspecified atom stereocenters. The zero-order chi connectivity index (χ0) is 16.5. The lowest BCUT2D eigenvalue weighted by Gasteiger charge is -2.06. The number of aromatic nitrogens is 5. The van der Waals surface area contributed by atoms with Gasteiger partial charge in [0.2, 0.25) is 0 Å². The SMILES string of the molecule is Cc1nnc(-n2nc(-c3ccccc3)cc2-c2ccccc2)n1N. The highest BCUT2D eigenvalue weighted by Crippen LogP contribution is 2.27. The molecule has 0 amide bonds. The molecule has 2 aromatic carbocycles. The smallest absolute Gasteiger partial charge is 0.271 e. The molecule has 0 spiro atoms. The van der Waals surface area contributed by atoms with E-state index in [1.807, 2.05) is 66.7 Å². The van der Waals surface area contributed by atoms with Crippen molar-refractivity contribution in [3.8, 4) is 28.5 Å². The number of hydrogen-bond donors (Lipinski definition) is 1. The van der Waals surface area contributed by atoms with Crippen molar-refractivity contribution in [3.63, 3.8) is 0 Å². The summed E-state index contributed by atoms with van der Waals surface area (Å²) in [6, 6.07) is 22.1. The lowest BCUT2D eigenvalue weighted by Crippen LogP contribution is -2.17. The molecule has 118 valence electrons. The molecule has 2 heterocycles. The van der Waals surface area contributed by atoms with E-state index in [0.717, 1.165) is 22.5 Å². The molecule has 0 fully saturated rings. The molecule has 4 aromatic rings. The van der Waals surface area contributed by atoms with E-state index in [0.29, 0.717) is 11.8 Å². The topological polar surface area (TPSA) is 74.5 Å². The van der Waals surface area contributed by atoms with Crippen molar-refractivity contribution >= 4 is 0 Å². The summed E-state index contributed by atoms with van der Waals surface area (Å²) in [6.45, 7) is 1.81. The first-order chi connectivity index (χ1) is 11.7. The van der Waals surface area contributed by atoms with E-state index in [4.69, 9.17) is 10.9 Å². The van der Waals surface area contributed by atoms with Crippen LogP contribution in [-0.4, -0.2) is 24.7 Å². The maximum Gasteiger partial charge on any atom is 0.271 e. The first kappa shape index (κ1) is 14.2. The van der Waals surface area contributed by atoms with Crippen molar-refractivity contribution in [2.45, 2.75) is 6.92 Å². The van der Waals surface area contributed by atoms with E-state index in [1.165, 1.54) is 4.68 Å². The van der Waals surface area contributed by atoms with Gasteiger partial charge in [-0.25, -0.2) is 4.68 Å². The van der Waals surface area contributed by atoms with E-state index in [2.05, 4.69) is 10.2 Å². The van der Waals surface area contributed by atoms with E-state index in [9.17, 15) is 0 Å². The molecule has 0 aliphatic carbocycles. The van der Waals surface area contributed by atoms with E-state index < -0.39 is 0 Å². The predicted molar refractivity (Wildman–Crippen MR) is 92.9 cm³/mol. The highest BCUT2D eigenvalue weighted by atomic mass is 15.5. The summed E-state index contributed by atoms with van der Waals surface area (Å²) in [5, 5.41) is 12.9. The van der Waals surface area contributed by atoms with Gasteiger partial charge >= 0.3 is 0 Å². The molecule has 4 rings (SSSR count). The fourth-order valence-corrected chi connectivity index (χ4v) is 2.60. The fourth-order valence-electron chi connectivity index (χ4n) is 2.60. The van der Waals surface area contributed by atoms with Gasteiger partial charge in [-0.05, 0) is 13.0 Å². The third kappa shape index (κ3) is 2.34. The third-order valence-electron chi connectivity index (χ3n) is 3.89. The highest BCUT2D eigenvalue weighted by Gasteiger charge is 2.17. The van der Waals surface area contributed by atoms with Crippen molar-refractivity contribution in [2.75, 3.05) is 5.84 Å². The Hall–Kier alpha value is -3.41. The Morgan fingerprint density at radius 1 is 0.833 bits per heavy atom.